The Morgan fingerprint density at radius 1 is 0.564 bits per heavy atom. The number of anilines is 3. The first-order valence-corrected chi connectivity index (χ1v) is 20.3. The van der Waals surface area contributed by atoms with Crippen LogP contribution < -0.4 is 9.64 Å². The summed E-state index contributed by atoms with van der Waals surface area (Å²) < 4.78 is 9.21. The highest BCUT2D eigenvalue weighted by molar-refractivity contribution is 6.09. The summed E-state index contributed by atoms with van der Waals surface area (Å²) in [7, 11) is 0. The van der Waals surface area contributed by atoms with Gasteiger partial charge in [-0.05, 0) is 152 Å². The lowest BCUT2D eigenvalue weighted by atomic mass is 9.64. The minimum atomic E-state index is 0.669. The molecule has 10 rings (SSSR count). The second kappa shape index (κ2) is 14.1. The summed E-state index contributed by atoms with van der Waals surface area (Å²) >= 11 is 0. The van der Waals surface area contributed by atoms with Crippen molar-refractivity contribution in [2.45, 2.75) is 52.4 Å². The van der Waals surface area contributed by atoms with Crippen LogP contribution in [0.3, 0.4) is 0 Å². The monoisotopic (exact) mass is 716 g/mol. The van der Waals surface area contributed by atoms with E-state index in [0.717, 1.165) is 58.3 Å². The average Bonchev–Trinajstić information content (AvgIpc) is 3.54. The molecule has 272 valence electrons. The van der Waals surface area contributed by atoms with Crippen molar-refractivity contribution in [3.05, 3.63) is 169 Å². The number of aryl methyl sites for hydroxylation is 1. The molecule has 1 aromatic heterocycles. The van der Waals surface area contributed by atoms with Gasteiger partial charge in [-0.2, -0.15) is 0 Å². The fourth-order valence-electron chi connectivity index (χ4n) is 10.3. The standard InChI is InChI=1S/C52H48N2O/c1-35-28-37-30-38(29-35)32-39(31-37)33-41-34-44(26-27-52(41)55-51-21-10-3-12-36(51)2)53(48-20-11-14-40-13-4-5-15-45(40)48)42-22-24-43(25-23-42)54-49-18-8-6-16-46(49)47-17-7-9-19-50(47)54/h3-27,34-35,37-39H,28-33H2,1-2H3/t35-,37+,38-,39+. The van der Waals surface area contributed by atoms with Crippen LogP contribution in [0.4, 0.5) is 17.1 Å². The summed E-state index contributed by atoms with van der Waals surface area (Å²) in [5.41, 5.74) is 9.49. The fraction of sp³-hybridized carbons (Fsp3) is 0.231. The number of rotatable bonds is 8. The highest BCUT2D eigenvalue weighted by atomic mass is 16.5. The normalized spacial score (nSPS) is 19.5. The van der Waals surface area contributed by atoms with Gasteiger partial charge in [0.15, 0.2) is 0 Å². The number of hydrogen-bond donors (Lipinski definition) is 0. The topological polar surface area (TPSA) is 17.4 Å². The second-order valence-corrected chi connectivity index (χ2v) is 16.5. The molecule has 0 unspecified atom stereocenters. The molecule has 8 aromatic rings. The van der Waals surface area contributed by atoms with Crippen LogP contribution in [0.1, 0.15) is 50.2 Å². The van der Waals surface area contributed by atoms with Crippen molar-refractivity contribution < 1.29 is 4.74 Å². The van der Waals surface area contributed by atoms with Gasteiger partial charge in [-0.15, -0.1) is 0 Å². The van der Waals surface area contributed by atoms with E-state index in [1.165, 1.54) is 75.9 Å². The molecule has 7 aromatic carbocycles. The van der Waals surface area contributed by atoms with Crippen molar-refractivity contribution in [1.29, 1.82) is 0 Å². The van der Waals surface area contributed by atoms with Gasteiger partial charge in [0, 0.05) is 33.2 Å². The van der Waals surface area contributed by atoms with Crippen LogP contribution in [0.2, 0.25) is 0 Å². The lowest BCUT2D eigenvalue weighted by molar-refractivity contribution is 0.103. The summed E-state index contributed by atoms with van der Waals surface area (Å²) in [4.78, 5) is 2.45. The summed E-state index contributed by atoms with van der Waals surface area (Å²) in [6.07, 6.45) is 7.88. The molecule has 1 heterocycles. The third kappa shape index (κ3) is 6.36. The first-order chi connectivity index (χ1) is 27.1. The van der Waals surface area contributed by atoms with Gasteiger partial charge in [0.2, 0.25) is 0 Å². The summed E-state index contributed by atoms with van der Waals surface area (Å²) in [6.45, 7) is 4.60. The van der Waals surface area contributed by atoms with Crippen molar-refractivity contribution in [2.75, 3.05) is 4.90 Å². The van der Waals surface area contributed by atoms with Gasteiger partial charge in [-0.25, -0.2) is 0 Å². The first kappa shape index (κ1) is 33.7. The third-order valence-corrected chi connectivity index (χ3v) is 12.5. The van der Waals surface area contributed by atoms with Crippen LogP contribution in [-0.4, -0.2) is 4.57 Å². The summed E-state index contributed by atoms with van der Waals surface area (Å²) in [6, 6.07) is 57.4. The van der Waals surface area contributed by atoms with E-state index in [-0.39, 0.29) is 0 Å². The molecule has 3 nitrogen and oxygen atoms in total. The molecular weight excluding hydrogens is 669 g/mol. The fourth-order valence-corrected chi connectivity index (χ4v) is 10.3. The molecule has 2 fully saturated rings. The Balaban J connectivity index is 1.10. The Hall–Kier alpha value is -5.80. The van der Waals surface area contributed by atoms with Crippen molar-refractivity contribution in [3.8, 4) is 17.2 Å². The van der Waals surface area contributed by atoms with Gasteiger partial charge in [0.05, 0.1) is 16.7 Å². The van der Waals surface area contributed by atoms with Crippen molar-refractivity contribution >= 4 is 49.6 Å². The molecule has 2 saturated carbocycles. The summed E-state index contributed by atoms with van der Waals surface area (Å²) in [5.74, 6) is 5.15. The molecule has 0 amide bonds. The van der Waals surface area contributed by atoms with Crippen LogP contribution in [0, 0.1) is 30.6 Å². The minimum Gasteiger partial charge on any atom is -0.457 e. The molecule has 4 atom stereocenters. The van der Waals surface area contributed by atoms with Crippen molar-refractivity contribution in [2.24, 2.45) is 23.7 Å². The number of aromatic nitrogens is 1. The van der Waals surface area contributed by atoms with Gasteiger partial charge in [0.25, 0.3) is 0 Å². The largest absolute Gasteiger partial charge is 0.457 e. The first-order valence-electron chi connectivity index (χ1n) is 20.3. The number of hydrogen-bond acceptors (Lipinski definition) is 2. The van der Waals surface area contributed by atoms with Gasteiger partial charge in [-0.1, -0.05) is 97.9 Å². The van der Waals surface area contributed by atoms with Gasteiger partial charge < -0.3 is 14.2 Å². The van der Waals surface area contributed by atoms with Crippen LogP contribution in [0.5, 0.6) is 11.5 Å². The molecule has 2 aliphatic rings. The van der Waals surface area contributed by atoms with E-state index in [0.29, 0.717) is 5.92 Å². The highest BCUT2D eigenvalue weighted by Crippen LogP contribution is 2.48. The maximum atomic E-state index is 6.82. The van der Waals surface area contributed by atoms with E-state index in [2.05, 4.69) is 181 Å². The van der Waals surface area contributed by atoms with E-state index in [9.17, 15) is 0 Å². The molecule has 0 saturated heterocycles. The van der Waals surface area contributed by atoms with E-state index >= 15 is 0 Å². The van der Waals surface area contributed by atoms with Crippen LogP contribution in [0.25, 0.3) is 38.3 Å². The van der Waals surface area contributed by atoms with E-state index in [4.69, 9.17) is 4.74 Å². The Bertz CT molecular complexity index is 2580. The molecule has 2 aliphatic carbocycles. The van der Waals surface area contributed by atoms with Crippen LogP contribution in [0.15, 0.2) is 158 Å². The van der Waals surface area contributed by atoms with E-state index in [1.807, 2.05) is 0 Å². The molecule has 0 aliphatic heterocycles. The van der Waals surface area contributed by atoms with Gasteiger partial charge in [-0.3, -0.25) is 0 Å². The zero-order valence-electron chi connectivity index (χ0n) is 31.9. The number of ether oxygens (including phenoxy) is 1. The lowest BCUT2D eigenvalue weighted by Crippen LogP contribution is -2.31. The number of fused-ring (bicyclic) bond motifs is 6. The Morgan fingerprint density at radius 3 is 1.91 bits per heavy atom. The maximum Gasteiger partial charge on any atom is 0.130 e. The molecular formula is C52H48N2O. The lowest BCUT2D eigenvalue weighted by Gasteiger charge is -2.42. The maximum absolute atomic E-state index is 6.82. The van der Waals surface area contributed by atoms with Crippen LogP contribution >= 0.6 is 0 Å². The average molecular weight is 717 g/mol. The van der Waals surface area contributed by atoms with Gasteiger partial charge >= 0.3 is 0 Å². The highest BCUT2D eigenvalue weighted by Gasteiger charge is 2.35. The Kier molecular flexibility index (Phi) is 8.66. The quantitative estimate of drug-likeness (QED) is 0.156. The zero-order valence-corrected chi connectivity index (χ0v) is 31.9. The number of para-hydroxylation sites is 3. The Morgan fingerprint density at radius 2 is 1.18 bits per heavy atom. The summed E-state index contributed by atoms with van der Waals surface area (Å²) in [5, 5.41) is 5.01. The van der Waals surface area contributed by atoms with E-state index < -0.39 is 0 Å². The molecule has 0 N–H and O–H groups in total. The number of benzene rings is 7. The van der Waals surface area contributed by atoms with Crippen molar-refractivity contribution in [3.63, 3.8) is 0 Å². The van der Waals surface area contributed by atoms with E-state index in [1.54, 1.807) is 0 Å². The third-order valence-electron chi connectivity index (χ3n) is 12.5. The van der Waals surface area contributed by atoms with Crippen LogP contribution in [-0.2, 0) is 6.42 Å². The SMILES string of the molecule is Cc1ccccc1Oc1ccc(N(c2ccc(-n3c4ccccc4c4ccccc43)cc2)c2cccc3ccccc23)cc1C[C@H]1C[C@H]2C[C@@H](C)C[C@@H](C1)C2. The smallest absolute Gasteiger partial charge is 0.130 e. The van der Waals surface area contributed by atoms with Crippen molar-refractivity contribution in [1.82, 2.24) is 4.57 Å². The Labute approximate surface area is 324 Å². The molecule has 55 heavy (non-hydrogen) atoms. The molecule has 0 spiro atoms. The predicted octanol–water partition coefficient (Wildman–Crippen LogP) is 14.5. The zero-order chi connectivity index (χ0) is 36.9. The number of nitrogens with zero attached hydrogens (tertiary/aromatic N) is 2. The molecule has 0 radical (unpaired) electrons. The second-order valence-electron chi connectivity index (χ2n) is 16.5. The predicted molar refractivity (Wildman–Crippen MR) is 231 cm³/mol. The minimum absolute atomic E-state index is 0.669. The molecule has 3 heteroatoms. The van der Waals surface area contributed by atoms with Gasteiger partial charge in [0.1, 0.15) is 11.5 Å². The molecule has 2 bridgehead atoms.